The minimum absolute atomic E-state index is 0.0920. The number of ether oxygens (including phenoxy) is 2. The van der Waals surface area contributed by atoms with E-state index in [0.29, 0.717) is 23.7 Å². The number of carboxylic acid groups (broad SMARTS) is 1. The molecule has 0 bridgehead atoms. The van der Waals surface area contributed by atoms with E-state index in [4.69, 9.17) is 31.2 Å². The normalized spacial score (nSPS) is 14.9. The van der Waals surface area contributed by atoms with Gasteiger partial charge in [-0.05, 0) is 96.0 Å². The number of amides is 1. The summed E-state index contributed by atoms with van der Waals surface area (Å²) in [5.41, 5.74) is 5.38. The van der Waals surface area contributed by atoms with E-state index < -0.39 is 23.3 Å². The van der Waals surface area contributed by atoms with Gasteiger partial charge >= 0.3 is 12.1 Å². The molecule has 5 aromatic rings. The van der Waals surface area contributed by atoms with Crippen molar-refractivity contribution in [3.05, 3.63) is 70.4 Å². The van der Waals surface area contributed by atoms with Gasteiger partial charge in [0.05, 0.1) is 27.0 Å². The number of aromatic nitrogens is 3. The van der Waals surface area contributed by atoms with Crippen molar-refractivity contribution >= 4 is 56.1 Å². The summed E-state index contributed by atoms with van der Waals surface area (Å²) in [6.07, 6.45) is -1.50. The Morgan fingerprint density at radius 3 is 2.28 bits per heavy atom. The number of hydrogen-bond donors (Lipinski definition) is 1. The number of likely N-dealkylation sites (tertiary alicyclic amines) is 1. The molecule has 1 amide bonds. The molecular formula is C36H39ClN4O5S. The molecule has 9 nitrogen and oxygen atoms in total. The van der Waals surface area contributed by atoms with Gasteiger partial charge in [0.2, 0.25) is 0 Å². The van der Waals surface area contributed by atoms with Crippen molar-refractivity contribution in [1.29, 1.82) is 0 Å². The highest BCUT2D eigenvalue weighted by Crippen LogP contribution is 2.45. The molecule has 2 aromatic heterocycles. The maximum absolute atomic E-state index is 12.7. The van der Waals surface area contributed by atoms with Crippen LogP contribution in [-0.4, -0.2) is 61.1 Å². The highest BCUT2D eigenvalue weighted by atomic mass is 35.5. The van der Waals surface area contributed by atoms with E-state index in [1.165, 1.54) is 11.3 Å². The van der Waals surface area contributed by atoms with Crippen molar-refractivity contribution in [2.24, 2.45) is 7.05 Å². The summed E-state index contributed by atoms with van der Waals surface area (Å²) in [6, 6.07) is 15.6. The fourth-order valence-corrected chi connectivity index (χ4v) is 7.26. The summed E-state index contributed by atoms with van der Waals surface area (Å²) in [7, 11) is 1.93. The van der Waals surface area contributed by atoms with Crippen LogP contribution >= 0.6 is 22.9 Å². The number of thiazole rings is 1. The molecule has 1 unspecified atom stereocenters. The van der Waals surface area contributed by atoms with Crippen molar-refractivity contribution in [3.8, 4) is 21.7 Å². The summed E-state index contributed by atoms with van der Waals surface area (Å²) < 4.78 is 14.4. The molecule has 1 N–H and O–H groups in total. The smallest absolute Gasteiger partial charge is 0.410 e. The molecular weight excluding hydrogens is 636 g/mol. The summed E-state index contributed by atoms with van der Waals surface area (Å²) in [4.78, 5) is 32.0. The zero-order valence-corrected chi connectivity index (χ0v) is 29.4. The predicted molar refractivity (Wildman–Crippen MR) is 186 cm³/mol. The molecule has 246 valence electrons. The van der Waals surface area contributed by atoms with Crippen LogP contribution in [0.3, 0.4) is 0 Å². The first-order chi connectivity index (χ1) is 22.0. The van der Waals surface area contributed by atoms with Gasteiger partial charge in [0.15, 0.2) is 6.10 Å². The molecule has 0 saturated carbocycles. The Hall–Kier alpha value is -3.99. The van der Waals surface area contributed by atoms with Gasteiger partial charge < -0.3 is 19.5 Å². The van der Waals surface area contributed by atoms with E-state index in [2.05, 4.69) is 6.07 Å². The zero-order chi connectivity index (χ0) is 34.0. The first kappa shape index (κ1) is 32.9. The second kappa shape index (κ2) is 11.9. The molecule has 47 heavy (non-hydrogen) atoms. The highest BCUT2D eigenvalue weighted by molar-refractivity contribution is 7.22. The van der Waals surface area contributed by atoms with Crippen LogP contribution in [-0.2, 0) is 21.3 Å². The third-order valence-corrected chi connectivity index (χ3v) is 9.45. The maximum Gasteiger partial charge on any atom is 0.410 e. The second-order valence-corrected chi connectivity index (χ2v) is 15.6. The monoisotopic (exact) mass is 674 g/mol. The second-order valence-electron chi connectivity index (χ2n) is 14.1. The summed E-state index contributed by atoms with van der Waals surface area (Å²) >= 11 is 7.78. The first-order valence-corrected chi connectivity index (χ1v) is 16.7. The molecule has 0 spiro atoms. The van der Waals surface area contributed by atoms with E-state index in [0.717, 1.165) is 54.1 Å². The quantitative estimate of drug-likeness (QED) is 0.192. The Labute approximate surface area is 283 Å². The number of benzene rings is 3. The van der Waals surface area contributed by atoms with Crippen molar-refractivity contribution in [2.75, 3.05) is 13.1 Å². The van der Waals surface area contributed by atoms with Crippen molar-refractivity contribution < 1.29 is 24.2 Å². The number of halogens is 1. The van der Waals surface area contributed by atoms with Crippen LogP contribution in [0.25, 0.3) is 42.8 Å². The molecule has 6 rings (SSSR count). The molecule has 1 fully saturated rings. The predicted octanol–water partition coefficient (Wildman–Crippen LogP) is 8.75. The van der Waals surface area contributed by atoms with Gasteiger partial charge in [0.25, 0.3) is 0 Å². The van der Waals surface area contributed by atoms with Crippen LogP contribution < -0.4 is 0 Å². The number of carbonyl (C=O) groups excluding carboxylic acids is 1. The Morgan fingerprint density at radius 1 is 1.00 bits per heavy atom. The number of hydrogen-bond acceptors (Lipinski definition) is 7. The van der Waals surface area contributed by atoms with Crippen molar-refractivity contribution in [1.82, 2.24) is 19.7 Å². The minimum atomic E-state index is -1.19. The Bertz CT molecular complexity index is 2010. The van der Waals surface area contributed by atoms with E-state index >= 15 is 0 Å². The standard InChI is InChI=1S/C36H39ClN4O5S/c1-19-15-25-31(28(20-9-12-23(37)13-10-20)27(19)30(33(42)43)45-35(2,3)4)47-32(38-25)21-11-14-26-24(16-21)29(39-40(26)8)22-17-41(18-22)34(44)46-36(5,6)7/h9-16,22,30H,17-18H2,1-8H3,(H,42,43). The first-order valence-electron chi connectivity index (χ1n) is 15.5. The van der Waals surface area contributed by atoms with Gasteiger partial charge in [0.1, 0.15) is 10.6 Å². The number of carboxylic acids is 1. The summed E-state index contributed by atoms with van der Waals surface area (Å²) in [6.45, 7) is 14.1. The molecule has 1 atom stereocenters. The number of nitrogens with zero attached hydrogens (tertiary/aromatic N) is 4. The van der Waals surface area contributed by atoms with Crippen LogP contribution in [0.5, 0.6) is 0 Å². The maximum atomic E-state index is 12.7. The lowest BCUT2D eigenvalue weighted by atomic mass is 9.91. The minimum Gasteiger partial charge on any atom is -0.479 e. The van der Waals surface area contributed by atoms with Gasteiger partial charge in [-0.3, -0.25) is 4.68 Å². The molecule has 11 heteroatoms. The van der Waals surface area contributed by atoms with E-state index in [9.17, 15) is 14.7 Å². The molecule has 1 aliphatic rings. The molecule has 1 aliphatic heterocycles. The van der Waals surface area contributed by atoms with Crippen molar-refractivity contribution in [3.63, 3.8) is 0 Å². The fourth-order valence-electron chi connectivity index (χ4n) is 6.02. The molecule has 1 saturated heterocycles. The lowest BCUT2D eigenvalue weighted by Gasteiger charge is -2.39. The van der Waals surface area contributed by atoms with Gasteiger partial charge in [-0.2, -0.15) is 5.10 Å². The number of fused-ring (bicyclic) bond motifs is 2. The third-order valence-electron chi connectivity index (χ3n) is 8.06. The third kappa shape index (κ3) is 6.59. The van der Waals surface area contributed by atoms with Crippen LogP contribution in [0.2, 0.25) is 5.02 Å². The van der Waals surface area contributed by atoms with Gasteiger partial charge in [-0.1, -0.05) is 23.7 Å². The number of carbonyl (C=O) groups is 2. The van der Waals surface area contributed by atoms with E-state index in [1.807, 2.05) is 90.5 Å². The van der Waals surface area contributed by atoms with Crippen LogP contribution in [0, 0.1) is 6.92 Å². The van der Waals surface area contributed by atoms with E-state index in [-0.39, 0.29) is 12.0 Å². The SMILES string of the molecule is Cc1cc2nc(-c3ccc4c(c3)c(C3CN(C(=O)OC(C)(C)C)C3)nn4C)sc2c(-c2ccc(Cl)cc2)c1C(OC(C)(C)C)C(=O)O. The Balaban J connectivity index is 1.44. The number of aliphatic carboxylic acids is 1. The van der Waals surface area contributed by atoms with E-state index in [1.54, 1.807) is 17.0 Å². The lowest BCUT2D eigenvalue weighted by Crippen LogP contribution is -2.50. The summed E-state index contributed by atoms with van der Waals surface area (Å²) in [5.74, 6) is -0.965. The summed E-state index contributed by atoms with van der Waals surface area (Å²) in [5, 5.41) is 17.6. The molecule has 3 aromatic carbocycles. The Morgan fingerprint density at radius 2 is 1.66 bits per heavy atom. The number of rotatable bonds is 6. The zero-order valence-electron chi connectivity index (χ0n) is 27.8. The topological polar surface area (TPSA) is 107 Å². The average molecular weight is 675 g/mol. The Kier molecular flexibility index (Phi) is 8.35. The van der Waals surface area contributed by atoms with Crippen LogP contribution in [0.1, 0.15) is 70.4 Å². The van der Waals surface area contributed by atoms with Crippen molar-refractivity contribution in [2.45, 2.75) is 71.7 Å². The number of aryl methyl sites for hydroxylation is 2. The van der Waals surface area contributed by atoms with Crippen LogP contribution in [0.15, 0.2) is 48.5 Å². The largest absolute Gasteiger partial charge is 0.479 e. The van der Waals surface area contributed by atoms with Gasteiger partial charge in [-0.25, -0.2) is 14.6 Å². The fraction of sp³-hybridized carbons (Fsp3) is 0.389. The van der Waals surface area contributed by atoms with Gasteiger partial charge in [0, 0.05) is 53.2 Å². The van der Waals surface area contributed by atoms with Gasteiger partial charge in [-0.15, -0.1) is 11.3 Å². The molecule has 0 radical (unpaired) electrons. The molecule has 3 heterocycles. The lowest BCUT2D eigenvalue weighted by molar-refractivity contribution is -0.160. The molecule has 0 aliphatic carbocycles. The highest BCUT2D eigenvalue weighted by Gasteiger charge is 2.37. The van der Waals surface area contributed by atoms with Crippen LogP contribution in [0.4, 0.5) is 4.79 Å². The average Bonchev–Trinajstić information content (AvgIpc) is 3.50.